The summed E-state index contributed by atoms with van der Waals surface area (Å²) in [5.74, 6) is -0.141. The highest BCUT2D eigenvalue weighted by molar-refractivity contribution is 5.45. The van der Waals surface area contributed by atoms with Crippen LogP contribution in [0.2, 0.25) is 0 Å². The fourth-order valence-corrected chi connectivity index (χ4v) is 1.10. The summed E-state index contributed by atoms with van der Waals surface area (Å²) in [6.45, 7) is 5.49. The molecule has 0 heterocycles. The lowest BCUT2D eigenvalue weighted by molar-refractivity contribution is 0.403. The minimum atomic E-state index is -0.0718. The average Bonchev–Trinajstić information content (AvgIpc) is 2.01. The summed E-state index contributed by atoms with van der Waals surface area (Å²) in [5.41, 5.74) is 1.95. The van der Waals surface area contributed by atoms with Gasteiger partial charge in [0.05, 0.1) is 0 Å². The van der Waals surface area contributed by atoms with Crippen molar-refractivity contribution in [2.75, 3.05) is 0 Å². The molecular weight excluding hydrogens is 152 g/mol. The van der Waals surface area contributed by atoms with Crippen molar-refractivity contribution in [3.8, 4) is 11.5 Å². The number of aromatic hydroxyl groups is 2. The summed E-state index contributed by atoms with van der Waals surface area (Å²) in [7, 11) is 0. The molecule has 0 aromatic heterocycles. The van der Waals surface area contributed by atoms with Crippen molar-refractivity contribution in [2.45, 2.75) is 13.3 Å². The van der Waals surface area contributed by atoms with Gasteiger partial charge in [-0.15, -0.1) is 6.58 Å². The van der Waals surface area contributed by atoms with E-state index in [9.17, 15) is 0 Å². The predicted molar refractivity (Wildman–Crippen MR) is 48.4 cm³/mol. The number of rotatable bonds is 2. The Morgan fingerprint density at radius 1 is 1.33 bits per heavy atom. The van der Waals surface area contributed by atoms with Crippen LogP contribution in [0.5, 0.6) is 11.5 Å². The van der Waals surface area contributed by atoms with E-state index in [2.05, 4.69) is 6.58 Å². The van der Waals surface area contributed by atoms with Crippen LogP contribution in [-0.2, 0) is 6.42 Å². The lowest BCUT2D eigenvalue weighted by Crippen LogP contribution is -1.86. The molecule has 0 bridgehead atoms. The third-order valence-electron chi connectivity index (χ3n) is 1.80. The van der Waals surface area contributed by atoms with Gasteiger partial charge in [0.25, 0.3) is 0 Å². The van der Waals surface area contributed by atoms with E-state index in [0.717, 1.165) is 11.1 Å². The minimum absolute atomic E-state index is 0.0692. The molecule has 0 fully saturated rings. The normalized spacial score (nSPS) is 9.75. The first-order chi connectivity index (χ1) is 5.65. The molecule has 0 saturated carbocycles. The summed E-state index contributed by atoms with van der Waals surface area (Å²) in [4.78, 5) is 0. The van der Waals surface area contributed by atoms with Crippen LogP contribution in [0.1, 0.15) is 11.1 Å². The second-order valence-corrected chi connectivity index (χ2v) is 2.76. The van der Waals surface area contributed by atoms with Gasteiger partial charge in [-0.05, 0) is 36.6 Å². The molecule has 0 amide bonds. The standard InChI is InChI=1S/C10H12O2/c1-3-4-8-6-10(12)9(11)5-7(8)2/h3,5-6,11-12H,1,4H2,2H3. The zero-order chi connectivity index (χ0) is 9.14. The zero-order valence-corrected chi connectivity index (χ0v) is 7.04. The van der Waals surface area contributed by atoms with E-state index in [0.29, 0.717) is 6.42 Å². The van der Waals surface area contributed by atoms with E-state index >= 15 is 0 Å². The molecule has 2 heteroatoms. The maximum absolute atomic E-state index is 9.17. The number of benzene rings is 1. The van der Waals surface area contributed by atoms with Gasteiger partial charge in [0.1, 0.15) is 0 Å². The second-order valence-electron chi connectivity index (χ2n) is 2.76. The van der Waals surface area contributed by atoms with Gasteiger partial charge >= 0.3 is 0 Å². The zero-order valence-electron chi connectivity index (χ0n) is 7.04. The van der Waals surface area contributed by atoms with Crippen LogP contribution < -0.4 is 0 Å². The van der Waals surface area contributed by atoms with Gasteiger partial charge in [0.2, 0.25) is 0 Å². The smallest absolute Gasteiger partial charge is 0.157 e. The van der Waals surface area contributed by atoms with Crippen LogP contribution >= 0.6 is 0 Å². The van der Waals surface area contributed by atoms with E-state index in [4.69, 9.17) is 10.2 Å². The second kappa shape index (κ2) is 3.30. The molecule has 64 valence electrons. The van der Waals surface area contributed by atoms with Crippen LogP contribution in [0.15, 0.2) is 24.8 Å². The van der Waals surface area contributed by atoms with Crippen molar-refractivity contribution in [2.24, 2.45) is 0 Å². The van der Waals surface area contributed by atoms with E-state index in [1.54, 1.807) is 18.2 Å². The first-order valence-electron chi connectivity index (χ1n) is 3.77. The Morgan fingerprint density at radius 3 is 2.50 bits per heavy atom. The molecule has 1 aromatic rings. The van der Waals surface area contributed by atoms with Crippen LogP contribution in [-0.4, -0.2) is 10.2 Å². The first kappa shape index (κ1) is 8.65. The van der Waals surface area contributed by atoms with Gasteiger partial charge in [-0.3, -0.25) is 0 Å². The molecule has 0 aliphatic rings. The Morgan fingerprint density at radius 2 is 1.92 bits per heavy atom. The van der Waals surface area contributed by atoms with Gasteiger partial charge in [0, 0.05) is 0 Å². The summed E-state index contributed by atoms with van der Waals surface area (Å²) in [6, 6.07) is 3.11. The number of allylic oxidation sites excluding steroid dienone is 1. The van der Waals surface area contributed by atoms with E-state index in [-0.39, 0.29) is 11.5 Å². The Hall–Kier alpha value is -1.44. The van der Waals surface area contributed by atoms with Gasteiger partial charge in [-0.2, -0.15) is 0 Å². The van der Waals surface area contributed by atoms with Gasteiger partial charge in [0.15, 0.2) is 11.5 Å². The third-order valence-corrected chi connectivity index (χ3v) is 1.80. The third kappa shape index (κ3) is 1.59. The van der Waals surface area contributed by atoms with E-state index in [1.165, 1.54) is 0 Å². The molecule has 0 aliphatic carbocycles. The summed E-state index contributed by atoms with van der Waals surface area (Å²) in [5, 5.41) is 18.3. The summed E-state index contributed by atoms with van der Waals surface area (Å²) < 4.78 is 0. The Kier molecular flexibility index (Phi) is 2.38. The quantitative estimate of drug-likeness (QED) is 0.519. The molecule has 1 aromatic carbocycles. The fraction of sp³-hybridized carbons (Fsp3) is 0.200. The molecular formula is C10H12O2. The van der Waals surface area contributed by atoms with Crippen molar-refractivity contribution in [3.63, 3.8) is 0 Å². The van der Waals surface area contributed by atoms with Crippen LogP contribution in [0.3, 0.4) is 0 Å². The molecule has 12 heavy (non-hydrogen) atoms. The monoisotopic (exact) mass is 164 g/mol. The topological polar surface area (TPSA) is 40.5 Å². The van der Waals surface area contributed by atoms with Crippen molar-refractivity contribution in [1.82, 2.24) is 0 Å². The first-order valence-corrected chi connectivity index (χ1v) is 3.77. The van der Waals surface area contributed by atoms with Crippen LogP contribution in [0.4, 0.5) is 0 Å². The largest absolute Gasteiger partial charge is 0.504 e. The molecule has 2 nitrogen and oxygen atoms in total. The van der Waals surface area contributed by atoms with Gasteiger partial charge in [-0.25, -0.2) is 0 Å². The van der Waals surface area contributed by atoms with Crippen LogP contribution in [0, 0.1) is 6.92 Å². The van der Waals surface area contributed by atoms with Gasteiger partial charge < -0.3 is 10.2 Å². The maximum atomic E-state index is 9.17. The molecule has 0 unspecified atom stereocenters. The highest BCUT2D eigenvalue weighted by Crippen LogP contribution is 2.28. The van der Waals surface area contributed by atoms with Crippen molar-refractivity contribution >= 4 is 0 Å². The number of phenolic OH excluding ortho intramolecular Hbond substituents is 2. The molecule has 2 N–H and O–H groups in total. The fourth-order valence-electron chi connectivity index (χ4n) is 1.10. The minimum Gasteiger partial charge on any atom is -0.504 e. The van der Waals surface area contributed by atoms with Crippen LogP contribution in [0.25, 0.3) is 0 Å². The lowest BCUT2D eigenvalue weighted by Gasteiger charge is -2.04. The molecule has 0 spiro atoms. The molecule has 1 rings (SSSR count). The molecule has 0 saturated heterocycles. The summed E-state index contributed by atoms with van der Waals surface area (Å²) in [6.07, 6.45) is 2.47. The molecule has 0 radical (unpaired) electrons. The average molecular weight is 164 g/mol. The number of hydrogen-bond acceptors (Lipinski definition) is 2. The highest BCUT2D eigenvalue weighted by atomic mass is 16.3. The summed E-state index contributed by atoms with van der Waals surface area (Å²) >= 11 is 0. The SMILES string of the molecule is C=CCc1cc(O)c(O)cc1C. The lowest BCUT2D eigenvalue weighted by atomic mass is 10.1. The van der Waals surface area contributed by atoms with Gasteiger partial charge in [-0.1, -0.05) is 6.08 Å². The number of aryl methyl sites for hydroxylation is 1. The predicted octanol–water partition coefficient (Wildman–Crippen LogP) is 2.13. The number of phenols is 2. The van der Waals surface area contributed by atoms with Crippen molar-refractivity contribution in [3.05, 3.63) is 35.9 Å². The number of hydrogen-bond donors (Lipinski definition) is 2. The van der Waals surface area contributed by atoms with E-state index < -0.39 is 0 Å². The Labute approximate surface area is 71.8 Å². The maximum Gasteiger partial charge on any atom is 0.157 e. The van der Waals surface area contributed by atoms with Crippen molar-refractivity contribution < 1.29 is 10.2 Å². The molecule has 0 aliphatic heterocycles. The Bertz CT molecular complexity index is 303. The van der Waals surface area contributed by atoms with E-state index in [1.807, 2.05) is 6.92 Å². The van der Waals surface area contributed by atoms with Crippen molar-refractivity contribution in [1.29, 1.82) is 0 Å². The Balaban J connectivity index is 3.13. The molecule has 0 atom stereocenters. The highest BCUT2D eigenvalue weighted by Gasteiger charge is 2.03.